The molecular weight excluding hydrogens is 443 g/mol. The third-order valence-electron chi connectivity index (χ3n) is 4.28. The molecule has 0 radical (unpaired) electrons. The molecule has 26 heavy (non-hydrogen) atoms. The monoisotopic (exact) mass is 478 g/mol. The molecule has 0 saturated heterocycles. The van der Waals surface area contributed by atoms with Gasteiger partial charge in [-0.05, 0) is 26.2 Å². The van der Waals surface area contributed by atoms with Crippen molar-refractivity contribution in [2.24, 2.45) is 4.99 Å². The van der Waals surface area contributed by atoms with Gasteiger partial charge in [-0.15, -0.1) is 24.0 Å². The fraction of sp³-hybridized carbons (Fsp3) is 0.789. The Morgan fingerprint density at radius 1 is 1.31 bits per heavy atom. The first kappa shape index (κ1) is 23.2. The van der Waals surface area contributed by atoms with Gasteiger partial charge in [0.25, 0.3) is 0 Å². The molecule has 1 aromatic heterocycles. The summed E-state index contributed by atoms with van der Waals surface area (Å²) in [5.74, 6) is 2.32. The van der Waals surface area contributed by atoms with Crippen molar-refractivity contribution in [2.45, 2.75) is 77.9 Å². The molecule has 0 bridgehead atoms. The number of aliphatic imine (C=N–C) groups is 1. The minimum atomic E-state index is -0.0307. The number of hydrogen-bond donors (Lipinski definition) is 2. The molecule has 0 aromatic carbocycles. The molecule has 1 aliphatic rings. The Morgan fingerprint density at radius 3 is 2.65 bits per heavy atom. The maximum atomic E-state index is 5.88. The van der Waals surface area contributed by atoms with Crippen LogP contribution in [0.4, 0.5) is 0 Å². The second kappa shape index (κ2) is 11.8. The molecular formula is C19H35IN4O2. The first-order valence-electron chi connectivity index (χ1n) is 9.58. The van der Waals surface area contributed by atoms with Crippen LogP contribution in [-0.4, -0.2) is 36.7 Å². The molecule has 0 spiro atoms. The van der Waals surface area contributed by atoms with Crippen LogP contribution in [0, 0.1) is 0 Å². The maximum absolute atomic E-state index is 5.88. The summed E-state index contributed by atoms with van der Waals surface area (Å²) in [6.45, 7) is 11.3. The summed E-state index contributed by atoms with van der Waals surface area (Å²) in [5, 5.41) is 6.59. The number of rotatable bonds is 8. The van der Waals surface area contributed by atoms with Crippen molar-refractivity contribution in [1.29, 1.82) is 0 Å². The molecule has 0 atom stereocenters. The molecule has 1 aliphatic carbocycles. The number of guanidine groups is 1. The second-order valence-corrected chi connectivity index (χ2v) is 7.62. The Hall–Kier alpha value is -0.830. The Balaban J connectivity index is 0.00000338. The van der Waals surface area contributed by atoms with Gasteiger partial charge in [-0.1, -0.05) is 33.6 Å². The SMILES string of the molecule is CCNC(=NCc1ncc(C(C)(C)C)o1)NCCCOC1CCCC1.I. The molecule has 7 heteroatoms. The van der Waals surface area contributed by atoms with E-state index in [0.29, 0.717) is 18.5 Å². The van der Waals surface area contributed by atoms with E-state index in [1.165, 1.54) is 25.7 Å². The van der Waals surface area contributed by atoms with Crippen LogP contribution in [0.25, 0.3) is 0 Å². The number of halogens is 1. The van der Waals surface area contributed by atoms with E-state index in [1.807, 2.05) is 0 Å². The molecule has 2 N–H and O–H groups in total. The lowest BCUT2D eigenvalue weighted by atomic mass is 9.94. The lowest BCUT2D eigenvalue weighted by Gasteiger charge is -2.13. The van der Waals surface area contributed by atoms with E-state index < -0.39 is 0 Å². The molecule has 6 nitrogen and oxygen atoms in total. The Morgan fingerprint density at radius 2 is 2.04 bits per heavy atom. The normalized spacial score (nSPS) is 15.8. The third kappa shape index (κ3) is 8.24. The fourth-order valence-electron chi connectivity index (χ4n) is 2.80. The predicted octanol–water partition coefficient (Wildman–Crippen LogP) is 3.99. The van der Waals surface area contributed by atoms with Crippen LogP contribution in [0.15, 0.2) is 15.6 Å². The van der Waals surface area contributed by atoms with Crippen molar-refractivity contribution >= 4 is 29.9 Å². The van der Waals surface area contributed by atoms with Crippen LogP contribution in [-0.2, 0) is 16.7 Å². The van der Waals surface area contributed by atoms with Gasteiger partial charge in [0.2, 0.25) is 5.89 Å². The van der Waals surface area contributed by atoms with E-state index in [-0.39, 0.29) is 29.4 Å². The van der Waals surface area contributed by atoms with Crippen LogP contribution >= 0.6 is 24.0 Å². The van der Waals surface area contributed by atoms with E-state index in [1.54, 1.807) is 6.20 Å². The summed E-state index contributed by atoms with van der Waals surface area (Å²) in [5.41, 5.74) is -0.0307. The number of nitrogens with zero attached hydrogens (tertiary/aromatic N) is 2. The van der Waals surface area contributed by atoms with Crippen molar-refractivity contribution in [3.8, 4) is 0 Å². The summed E-state index contributed by atoms with van der Waals surface area (Å²) in [6.07, 6.45) is 8.35. The molecule has 150 valence electrons. The number of hydrogen-bond acceptors (Lipinski definition) is 4. The van der Waals surface area contributed by atoms with Crippen LogP contribution < -0.4 is 10.6 Å². The third-order valence-corrected chi connectivity index (χ3v) is 4.28. The van der Waals surface area contributed by atoms with E-state index in [2.05, 4.69) is 48.3 Å². The topological polar surface area (TPSA) is 71.7 Å². The van der Waals surface area contributed by atoms with Gasteiger partial charge < -0.3 is 19.8 Å². The van der Waals surface area contributed by atoms with Gasteiger partial charge in [-0.3, -0.25) is 0 Å². The maximum Gasteiger partial charge on any atom is 0.216 e. The summed E-state index contributed by atoms with van der Waals surface area (Å²) < 4.78 is 11.7. The Labute approximate surface area is 175 Å². The minimum Gasteiger partial charge on any atom is -0.443 e. The van der Waals surface area contributed by atoms with E-state index in [9.17, 15) is 0 Å². The predicted molar refractivity (Wildman–Crippen MR) is 116 cm³/mol. The summed E-state index contributed by atoms with van der Waals surface area (Å²) in [7, 11) is 0. The molecule has 0 amide bonds. The second-order valence-electron chi connectivity index (χ2n) is 7.62. The van der Waals surface area contributed by atoms with Gasteiger partial charge in [-0.2, -0.15) is 0 Å². The highest BCUT2D eigenvalue weighted by atomic mass is 127. The number of nitrogens with one attached hydrogen (secondary N) is 2. The summed E-state index contributed by atoms with van der Waals surface area (Å²) in [4.78, 5) is 8.87. The lowest BCUT2D eigenvalue weighted by molar-refractivity contribution is 0.0574. The highest BCUT2D eigenvalue weighted by Gasteiger charge is 2.19. The van der Waals surface area contributed by atoms with Gasteiger partial charge >= 0.3 is 0 Å². The average molecular weight is 478 g/mol. The van der Waals surface area contributed by atoms with Gasteiger partial charge in [0.05, 0.1) is 12.3 Å². The molecule has 1 saturated carbocycles. The molecule has 0 aliphatic heterocycles. The Kier molecular flexibility index (Phi) is 10.5. The first-order chi connectivity index (χ1) is 12.0. The molecule has 1 aromatic rings. The number of aromatic nitrogens is 1. The molecule has 1 fully saturated rings. The van der Waals surface area contributed by atoms with Gasteiger partial charge in [0.1, 0.15) is 12.3 Å². The quantitative estimate of drug-likeness (QED) is 0.256. The van der Waals surface area contributed by atoms with Crippen LogP contribution in [0.2, 0.25) is 0 Å². The van der Waals surface area contributed by atoms with Gasteiger partial charge in [0, 0.05) is 25.1 Å². The smallest absolute Gasteiger partial charge is 0.216 e. The zero-order valence-corrected chi connectivity index (χ0v) is 19.0. The molecule has 0 unspecified atom stereocenters. The van der Waals surface area contributed by atoms with Crippen molar-refractivity contribution in [1.82, 2.24) is 15.6 Å². The zero-order valence-electron chi connectivity index (χ0n) is 16.6. The first-order valence-corrected chi connectivity index (χ1v) is 9.58. The van der Waals surface area contributed by atoms with Crippen molar-refractivity contribution in [3.63, 3.8) is 0 Å². The van der Waals surface area contributed by atoms with Crippen LogP contribution in [0.1, 0.15) is 71.5 Å². The average Bonchev–Trinajstić information content (AvgIpc) is 3.23. The van der Waals surface area contributed by atoms with Crippen LogP contribution in [0.3, 0.4) is 0 Å². The standard InChI is InChI=1S/C19H34N4O2.HI/c1-5-20-18(21-11-8-12-24-15-9-6-7-10-15)23-14-17-22-13-16(25-17)19(2,3)4;/h13,15H,5-12,14H2,1-4H3,(H2,20,21,23);1H. The molecule has 2 rings (SSSR count). The van der Waals surface area contributed by atoms with Gasteiger partial charge in [0.15, 0.2) is 5.96 Å². The summed E-state index contributed by atoms with van der Waals surface area (Å²) >= 11 is 0. The minimum absolute atomic E-state index is 0. The van der Waals surface area contributed by atoms with Crippen LogP contribution in [0.5, 0.6) is 0 Å². The lowest BCUT2D eigenvalue weighted by Crippen LogP contribution is -2.38. The van der Waals surface area contributed by atoms with E-state index >= 15 is 0 Å². The Bertz CT molecular complexity index is 534. The zero-order chi connectivity index (χ0) is 18.1. The van der Waals surface area contributed by atoms with Crippen molar-refractivity contribution < 1.29 is 9.15 Å². The molecule has 1 heterocycles. The highest BCUT2D eigenvalue weighted by molar-refractivity contribution is 14.0. The van der Waals surface area contributed by atoms with Crippen molar-refractivity contribution in [2.75, 3.05) is 19.7 Å². The fourth-order valence-corrected chi connectivity index (χ4v) is 2.80. The van der Waals surface area contributed by atoms with E-state index in [0.717, 1.165) is 37.8 Å². The highest BCUT2D eigenvalue weighted by Crippen LogP contribution is 2.23. The van der Waals surface area contributed by atoms with E-state index in [4.69, 9.17) is 9.15 Å². The van der Waals surface area contributed by atoms with Gasteiger partial charge in [-0.25, -0.2) is 9.98 Å². The largest absolute Gasteiger partial charge is 0.443 e. The van der Waals surface area contributed by atoms with Crippen molar-refractivity contribution in [3.05, 3.63) is 17.8 Å². The number of ether oxygens (including phenoxy) is 1. The number of oxazole rings is 1. The summed E-state index contributed by atoms with van der Waals surface area (Å²) in [6, 6.07) is 0.